The topological polar surface area (TPSA) is 95.8 Å². The number of hydrogen-bond acceptors (Lipinski definition) is 6. The predicted octanol–water partition coefficient (Wildman–Crippen LogP) is 1.99. The monoisotopic (exact) mass is 527 g/mol. The molecule has 37 heavy (non-hydrogen) atoms. The molecule has 2 saturated heterocycles. The fraction of sp³-hybridized carbons (Fsp3) is 0.593. The summed E-state index contributed by atoms with van der Waals surface area (Å²) in [6.07, 6.45) is 4.74. The van der Waals surface area contributed by atoms with Gasteiger partial charge in [0.1, 0.15) is 16.4 Å². The van der Waals surface area contributed by atoms with Crippen LogP contribution in [-0.4, -0.2) is 90.6 Å². The van der Waals surface area contributed by atoms with Crippen LogP contribution in [-0.2, 0) is 34.0 Å². The lowest BCUT2D eigenvalue weighted by atomic mass is 10.1. The van der Waals surface area contributed by atoms with Crippen molar-refractivity contribution in [2.45, 2.75) is 57.7 Å². The quantitative estimate of drug-likeness (QED) is 0.590. The van der Waals surface area contributed by atoms with E-state index in [9.17, 15) is 18.0 Å². The zero-order valence-corrected chi connectivity index (χ0v) is 22.9. The number of amides is 2. The average Bonchev–Trinajstić information content (AvgIpc) is 3.49. The van der Waals surface area contributed by atoms with Gasteiger partial charge < -0.3 is 14.7 Å². The molecule has 0 N–H and O–H groups in total. The first kappa shape index (κ1) is 25.8. The summed E-state index contributed by atoms with van der Waals surface area (Å²) in [7, 11) is -3.10. The Kier molecular flexibility index (Phi) is 7.04. The molecular formula is C27H37N5O4S. The first-order valence-electron chi connectivity index (χ1n) is 13.3. The van der Waals surface area contributed by atoms with Crippen molar-refractivity contribution in [2.75, 3.05) is 50.4 Å². The minimum absolute atomic E-state index is 0.0331. The van der Waals surface area contributed by atoms with E-state index in [-0.39, 0.29) is 23.6 Å². The van der Waals surface area contributed by atoms with Crippen molar-refractivity contribution >= 4 is 27.3 Å². The molecule has 3 heterocycles. The van der Waals surface area contributed by atoms with Gasteiger partial charge in [-0.1, -0.05) is 12.1 Å². The summed E-state index contributed by atoms with van der Waals surface area (Å²) in [6, 6.07) is 6.35. The Balaban J connectivity index is 1.23. The number of carbonyl (C=O) groups excluding carboxylic acids is 2. The second kappa shape index (κ2) is 10.1. The second-order valence-corrected chi connectivity index (χ2v) is 13.0. The van der Waals surface area contributed by atoms with E-state index < -0.39 is 9.84 Å². The van der Waals surface area contributed by atoms with E-state index in [0.717, 1.165) is 43.6 Å². The molecule has 200 valence electrons. The molecule has 2 amide bonds. The highest BCUT2D eigenvalue weighted by Gasteiger charge is 2.34. The maximum absolute atomic E-state index is 13.3. The molecule has 0 saturated carbocycles. The third-order valence-electron chi connectivity index (χ3n) is 8.38. The van der Waals surface area contributed by atoms with Gasteiger partial charge in [-0.15, -0.1) is 0 Å². The van der Waals surface area contributed by atoms with Crippen LogP contribution in [0, 0.1) is 13.8 Å². The second-order valence-electron chi connectivity index (χ2n) is 10.7. The summed E-state index contributed by atoms with van der Waals surface area (Å²) < 4.78 is 25.5. The Bertz CT molecular complexity index is 1300. The number of sulfone groups is 1. The Morgan fingerprint density at radius 3 is 2.35 bits per heavy atom. The smallest absolute Gasteiger partial charge is 0.274 e. The maximum Gasteiger partial charge on any atom is 0.274 e. The van der Waals surface area contributed by atoms with Gasteiger partial charge in [0, 0.05) is 62.5 Å². The summed E-state index contributed by atoms with van der Waals surface area (Å²) in [6.45, 7) is 8.16. The van der Waals surface area contributed by atoms with Gasteiger partial charge in [0.05, 0.1) is 5.25 Å². The summed E-state index contributed by atoms with van der Waals surface area (Å²) in [5.74, 6) is -0.107. The number of piperazine rings is 1. The van der Waals surface area contributed by atoms with Gasteiger partial charge in [0.2, 0.25) is 5.91 Å². The number of hydrogen-bond donors (Lipinski definition) is 0. The Labute approximate surface area is 219 Å². The van der Waals surface area contributed by atoms with E-state index in [1.54, 1.807) is 9.58 Å². The molecular weight excluding hydrogens is 490 g/mol. The fourth-order valence-corrected chi connectivity index (χ4v) is 7.02. The van der Waals surface area contributed by atoms with Gasteiger partial charge >= 0.3 is 0 Å². The zero-order valence-electron chi connectivity index (χ0n) is 22.1. The lowest BCUT2D eigenvalue weighted by Gasteiger charge is -2.37. The van der Waals surface area contributed by atoms with Crippen LogP contribution in [0.15, 0.2) is 18.2 Å². The number of likely N-dealkylation sites (tertiary alicyclic amines) is 1. The van der Waals surface area contributed by atoms with Gasteiger partial charge in [0.25, 0.3) is 5.91 Å². The van der Waals surface area contributed by atoms with Gasteiger partial charge in [-0.2, -0.15) is 5.10 Å². The van der Waals surface area contributed by atoms with Crippen molar-refractivity contribution in [3.05, 3.63) is 46.3 Å². The molecule has 0 atom stereocenters. The van der Waals surface area contributed by atoms with Crippen LogP contribution in [0.2, 0.25) is 0 Å². The van der Waals surface area contributed by atoms with E-state index in [1.165, 1.54) is 23.1 Å². The van der Waals surface area contributed by atoms with E-state index >= 15 is 0 Å². The first-order chi connectivity index (χ1) is 17.6. The van der Waals surface area contributed by atoms with Gasteiger partial charge in [-0.3, -0.25) is 14.3 Å². The Hall–Kier alpha value is -2.88. The van der Waals surface area contributed by atoms with Crippen LogP contribution in [0.4, 0.5) is 5.69 Å². The van der Waals surface area contributed by atoms with E-state index in [2.05, 4.69) is 42.0 Å². The largest absolute Gasteiger partial charge is 0.368 e. The predicted molar refractivity (Wildman–Crippen MR) is 143 cm³/mol. The molecule has 2 aromatic rings. The van der Waals surface area contributed by atoms with Crippen molar-refractivity contribution < 1.29 is 18.0 Å². The van der Waals surface area contributed by atoms with Crippen LogP contribution < -0.4 is 4.90 Å². The van der Waals surface area contributed by atoms with E-state index in [1.807, 2.05) is 4.90 Å². The van der Waals surface area contributed by atoms with E-state index in [4.69, 9.17) is 0 Å². The molecule has 9 nitrogen and oxygen atoms in total. The molecule has 2 aliphatic heterocycles. The van der Waals surface area contributed by atoms with Crippen molar-refractivity contribution in [1.82, 2.24) is 19.6 Å². The Morgan fingerprint density at radius 2 is 1.68 bits per heavy atom. The van der Waals surface area contributed by atoms with Crippen molar-refractivity contribution in [3.8, 4) is 0 Å². The molecule has 5 rings (SSSR count). The number of nitrogens with zero attached hydrogens (tertiary/aromatic N) is 5. The normalized spacial score (nSPS) is 18.8. The first-order valence-corrected chi connectivity index (χ1v) is 15.2. The minimum Gasteiger partial charge on any atom is -0.368 e. The number of anilines is 1. The SMILES string of the molecule is Cc1cccc(N2CCN(C(=O)Cn3nc(C(=O)N4CCC(S(C)(=O)=O)CC4)c4c3CCC4)CC2)c1C. The molecule has 0 unspecified atom stereocenters. The average molecular weight is 528 g/mol. The number of aryl methyl sites for hydroxylation is 1. The van der Waals surface area contributed by atoms with Crippen molar-refractivity contribution in [1.29, 1.82) is 0 Å². The summed E-state index contributed by atoms with van der Waals surface area (Å²) in [4.78, 5) is 32.6. The molecule has 1 aliphatic carbocycles. The molecule has 1 aromatic carbocycles. The number of fused-ring (bicyclic) bond motifs is 1. The summed E-state index contributed by atoms with van der Waals surface area (Å²) in [5, 5.41) is 4.26. The van der Waals surface area contributed by atoms with Crippen LogP contribution in [0.5, 0.6) is 0 Å². The molecule has 0 spiro atoms. The van der Waals surface area contributed by atoms with Crippen molar-refractivity contribution in [3.63, 3.8) is 0 Å². The van der Waals surface area contributed by atoms with Crippen LogP contribution in [0.25, 0.3) is 0 Å². The molecule has 0 bridgehead atoms. The van der Waals surface area contributed by atoms with Gasteiger partial charge in [-0.25, -0.2) is 8.42 Å². The highest BCUT2D eigenvalue weighted by molar-refractivity contribution is 7.91. The molecule has 2 fully saturated rings. The zero-order chi connectivity index (χ0) is 26.3. The number of carbonyl (C=O) groups is 2. The highest BCUT2D eigenvalue weighted by Crippen LogP contribution is 2.28. The third-order valence-corrected chi connectivity index (χ3v) is 10.1. The molecule has 10 heteroatoms. The van der Waals surface area contributed by atoms with Gasteiger partial charge in [-0.05, 0) is 63.1 Å². The standard InChI is InChI=1S/C27H37N5O4S/c1-19-6-4-8-23(20(19)2)29-14-16-30(17-15-29)25(33)18-32-24-9-5-7-22(24)26(28-32)27(34)31-12-10-21(11-13-31)37(3,35)36/h4,6,8,21H,5,7,9-18H2,1-3H3. The fourth-order valence-electron chi connectivity index (χ4n) is 5.95. The molecule has 0 radical (unpaired) electrons. The third kappa shape index (κ3) is 5.12. The number of rotatable bonds is 5. The Morgan fingerprint density at radius 1 is 0.973 bits per heavy atom. The van der Waals surface area contributed by atoms with Crippen LogP contribution >= 0.6 is 0 Å². The summed E-state index contributed by atoms with van der Waals surface area (Å²) in [5.41, 5.74) is 6.19. The molecule has 1 aromatic heterocycles. The van der Waals surface area contributed by atoms with E-state index in [0.29, 0.717) is 44.7 Å². The lowest BCUT2D eigenvalue weighted by molar-refractivity contribution is -0.132. The maximum atomic E-state index is 13.3. The minimum atomic E-state index is -3.10. The molecule has 3 aliphatic rings. The van der Waals surface area contributed by atoms with Crippen LogP contribution in [0.1, 0.15) is 52.1 Å². The van der Waals surface area contributed by atoms with Gasteiger partial charge in [0.15, 0.2) is 5.69 Å². The highest BCUT2D eigenvalue weighted by atomic mass is 32.2. The van der Waals surface area contributed by atoms with Crippen molar-refractivity contribution in [2.24, 2.45) is 0 Å². The summed E-state index contributed by atoms with van der Waals surface area (Å²) >= 11 is 0. The lowest BCUT2D eigenvalue weighted by Crippen LogP contribution is -2.50. The number of piperidine rings is 1. The van der Waals surface area contributed by atoms with Crippen LogP contribution in [0.3, 0.4) is 0 Å². The number of aromatic nitrogens is 2. The number of benzene rings is 1.